The van der Waals surface area contributed by atoms with Crippen molar-refractivity contribution in [1.29, 1.82) is 0 Å². The molecule has 1 aliphatic heterocycles. The summed E-state index contributed by atoms with van der Waals surface area (Å²) in [4.78, 5) is 10.1. The molecule has 0 N–H and O–H groups in total. The van der Waals surface area contributed by atoms with E-state index < -0.39 is 0 Å². The second-order valence-corrected chi connectivity index (χ2v) is 5.36. The van der Waals surface area contributed by atoms with Crippen LogP contribution in [-0.4, -0.2) is 33.0 Å². The summed E-state index contributed by atoms with van der Waals surface area (Å²) in [6, 6.07) is 4.07. The maximum atomic E-state index is 5.64. The van der Waals surface area contributed by atoms with Gasteiger partial charge in [-0.1, -0.05) is 13.3 Å². The fraction of sp³-hybridized carbons (Fsp3) is 0.647. The third-order valence-electron chi connectivity index (χ3n) is 3.53. The number of unbranched alkanes of at least 4 members (excludes halogenated alkanes) is 1. The van der Waals surface area contributed by atoms with Crippen molar-refractivity contribution in [1.82, 2.24) is 0 Å². The molecule has 0 atom stereocenters. The molecule has 0 saturated heterocycles. The van der Waals surface area contributed by atoms with Gasteiger partial charge in [0, 0.05) is 12.2 Å². The molecule has 0 spiro atoms. The highest BCUT2D eigenvalue weighted by Gasteiger charge is 2.15. The first kappa shape index (κ1) is 17.2. The molecule has 124 valence electrons. The topological polar surface area (TPSA) is 46.2 Å². The Balaban J connectivity index is 1.54. The number of ether oxygens (including phenoxy) is 3. The fourth-order valence-electron chi connectivity index (χ4n) is 2.16. The zero-order chi connectivity index (χ0) is 15.6. The Bertz CT molecular complexity index is 447. The number of benzene rings is 1. The first-order valence-electron chi connectivity index (χ1n) is 7.96. The summed E-state index contributed by atoms with van der Waals surface area (Å²) in [6.07, 6.45) is 2.27. The number of fused-ring (bicyclic) bond motifs is 1. The summed E-state index contributed by atoms with van der Waals surface area (Å²) in [5.74, 6) is 0.796. The monoisotopic (exact) mass is 310 g/mol. The molecular weight excluding hydrogens is 284 g/mol. The third-order valence-corrected chi connectivity index (χ3v) is 3.53. The van der Waals surface area contributed by atoms with Gasteiger partial charge in [0.25, 0.3) is 0 Å². The first-order chi connectivity index (χ1) is 10.8. The van der Waals surface area contributed by atoms with Crippen molar-refractivity contribution in [2.45, 2.75) is 39.9 Å². The van der Waals surface area contributed by atoms with Gasteiger partial charge < -0.3 is 19.1 Å². The van der Waals surface area contributed by atoms with Crippen molar-refractivity contribution in [3.8, 4) is 5.75 Å². The van der Waals surface area contributed by atoms with Gasteiger partial charge in [-0.15, -0.1) is 0 Å². The van der Waals surface area contributed by atoms with Crippen LogP contribution >= 0.6 is 0 Å². The van der Waals surface area contributed by atoms with Crippen molar-refractivity contribution < 1.29 is 24.0 Å². The third kappa shape index (κ3) is 5.57. The van der Waals surface area contributed by atoms with Crippen molar-refractivity contribution >= 4 is 0 Å². The molecule has 22 heavy (non-hydrogen) atoms. The maximum absolute atomic E-state index is 5.64. The van der Waals surface area contributed by atoms with Crippen molar-refractivity contribution in [3.05, 3.63) is 28.8 Å². The minimum Gasteiger partial charge on any atom is -0.379 e. The van der Waals surface area contributed by atoms with E-state index in [2.05, 4.69) is 19.9 Å². The van der Waals surface area contributed by atoms with E-state index in [4.69, 9.17) is 24.0 Å². The van der Waals surface area contributed by atoms with E-state index in [1.54, 1.807) is 0 Å². The number of hydrogen-bond donors (Lipinski definition) is 0. The largest absolute Gasteiger partial charge is 0.379 e. The summed E-state index contributed by atoms with van der Waals surface area (Å²) >= 11 is 0. The second kappa shape index (κ2) is 9.79. The predicted molar refractivity (Wildman–Crippen MR) is 82.8 cm³/mol. The molecule has 5 nitrogen and oxygen atoms in total. The molecule has 2 rings (SSSR count). The molecule has 0 radical (unpaired) electrons. The Kier molecular flexibility index (Phi) is 7.66. The highest BCUT2D eigenvalue weighted by Crippen LogP contribution is 2.29. The Morgan fingerprint density at radius 2 is 1.73 bits per heavy atom. The Hall–Kier alpha value is -1.14. The SMILES string of the molecule is CCCCOCCOCCOCc1cc2c(cc1C)COO2. The summed E-state index contributed by atoms with van der Waals surface area (Å²) in [5, 5.41) is 0. The lowest BCUT2D eigenvalue weighted by Crippen LogP contribution is -2.10. The van der Waals surface area contributed by atoms with Crippen molar-refractivity contribution in [3.63, 3.8) is 0 Å². The van der Waals surface area contributed by atoms with E-state index in [0.717, 1.165) is 36.3 Å². The van der Waals surface area contributed by atoms with E-state index in [1.807, 2.05) is 6.07 Å². The average molecular weight is 310 g/mol. The quantitative estimate of drug-likeness (QED) is 0.464. The summed E-state index contributed by atoms with van der Waals surface area (Å²) in [6.45, 7) is 8.55. The van der Waals surface area contributed by atoms with Crippen LogP contribution in [0.25, 0.3) is 0 Å². The van der Waals surface area contributed by atoms with Crippen LogP contribution in [-0.2, 0) is 32.3 Å². The fourth-order valence-corrected chi connectivity index (χ4v) is 2.16. The van der Waals surface area contributed by atoms with Crippen LogP contribution in [0.4, 0.5) is 0 Å². The van der Waals surface area contributed by atoms with Crippen molar-refractivity contribution in [2.24, 2.45) is 0 Å². The van der Waals surface area contributed by atoms with Gasteiger partial charge in [-0.25, -0.2) is 0 Å². The normalized spacial score (nSPS) is 13.2. The van der Waals surface area contributed by atoms with Crippen LogP contribution in [0.3, 0.4) is 0 Å². The van der Waals surface area contributed by atoms with Gasteiger partial charge in [0.1, 0.15) is 6.61 Å². The molecule has 0 bridgehead atoms. The van der Waals surface area contributed by atoms with Gasteiger partial charge in [-0.3, -0.25) is 0 Å². The molecule has 1 aliphatic rings. The highest BCUT2D eigenvalue weighted by molar-refractivity contribution is 5.42. The second-order valence-electron chi connectivity index (χ2n) is 5.36. The molecule has 0 fully saturated rings. The molecule has 0 saturated carbocycles. The molecule has 1 aromatic rings. The summed E-state index contributed by atoms with van der Waals surface area (Å²) in [5.41, 5.74) is 3.40. The zero-order valence-electron chi connectivity index (χ0n) is 13.6. The van der Waals surface area contributed by atoms with Crippen LogP contribution in [0.2, 0.25) is 0 Å². The molecule has 0 unspecified atom stereocenters. The van der Waals surface area contributed by atoms with Crippen LogP contribution in [0.5, 0.6) is 5.75 Å². The van der Waals surface area contributed by atoms with Gasteiger partial charge in [0.05, 0.1) is 33.0 Å². The number of rotatable bonds is 11. The molecular formula is C17H26O5. The molecule has 0 aliphatic carbocycles. The summed E-state index contributed by atoms with van der Waals surface area (Å²) < 4.78 is 16.5. The lowest BCUT2D eigenvalue weighted by molar-refractivity contribution is -0.194. The number of hydrogen-bond acceptors (Lipinski definition) is 5. The smallest absolute Gasteiger partial charge is 0.171 e. The highest BCUT2D eigenvalue weighted by atomic mass is 17.2. The molecule has 1 heterocycles. The van der Waals surface area contributed by atoms with Gasteiger partial charge in [-0.05, 0) is 36.6 Å². The maximum Gasteiger partial charge on any atom is 0.171 e. The van der Waals surface area contributed by atoms with E-state index in [1.165, 1.54) is 5.56 Å². The van der Waals surface area contributed by atoms with Crippen molar-refractivity contribution in [2.75, 3.05) is 33.0 Å². The van der Waals surface area contributed by atoms with Crippen LogP contribution in [0, 0.1) is 6.92 Å². The predicted octanol–water partition coefficient (Wildman–Crippen LogP) is 3.17. The van der Waals surface area contributed by atoms with E-state index in [9.17, 15) is 0 Å². The minimum absolute atomic E-state index is 0.519. The van der Waals surface area contributed by atoms with Crippen LogP contribution < -0.4 is 4.89 Å². The van der Waals surface area contributed by atoms with Crippen LogP contribution in [0.1, 0.15) is 36.5 Å². The van der Waals surface area contributed by atoms with Crippen LogP contribution in [0.15, 0.2) is 12.1 Å². The molecule has 1 aromatic carbocycles. The lowest BCUT2D eigenvalue weighted by Gasteiger charge is -2.09. The summed E-state index contributed by atoms with van der Waals surface area (Å²) in [7, 11) is 0. The standard InChI is InChI=1S/C17H26O5/c1-3-4-5-18-6-7-19-8-9-20-12-15-11-17-16(10-14(15)2)13-21-22-17/h10-11H,3-9,12-13H2,1-2H3. The Labute approximate surface area is 132 Å². The Morgan fingerprint density at radius 3 is 2.50 bits per heavy atom. The zero-order valence-corrected chi connectivity index (χ0v) is 13.6. The molecule has 0 aromatic heterocycles. The van der Waals surface area contributed by atoms with Gasteiger partial charge in [0.2, 0.25) is 0 Å². The Morgan fingerprint density at radius 1 is 1.00 bits per heavy atom. The minimum atomic E-state index is 0.519. The lowest BCUT2D eigenvalue weighted by atomic mass is 10.1. The molecule has 0 amide bonds. The average Bonchev–Trinajstić information content (AvgIpc) is 2.96. The van der Waals surface area contributed by atoms with Gasteiger partial charge in [0.15, 0.2) is 5.75 Å². The first-order valence-corrected chi connectivity index (χ1v) is 7.96. The number of aryl methyl sites for hydroxylation is 1. The van der Waals surface area contributed by atoms with Gasteiger partial charge >= 0.3 is 0 Å². The van der Waals surface area contributed by atoms with E-state index >= 15 is 0 Å². The molecule has 5 heteroatoms. The van der Waals surface area contributed by atoms with E-state index in [0.29, 0.717) is 39.6 Å². The van der Waals surface area contributed by atoms with Gasteiger partial charge in [-0.2, -0.15) is 4.89 Å². The van der Waals surface area contributed by atoms with E-state index in [-0.39, 0.29) is 0 Å².